The van der Waals surface area contributed by atoms with Crippen LogP contribution in [0, 0.1) is 0 Å². The lowest BCUT2D eigenvalue weighted by molar-refractivity contribution is 0.403. The van der Waals surface area contributed by atoms with Gasteiger partial charge in [0.25, 0.3) is 0 Å². The summed E-state index contributed by atoms with van der Waals surface area (Å²) in [5.41, 5.74) is -2.57. The molecule has 1 aromatic rings. The molecule has 1 heterocycles. The summed E-state index contributed by atoms with van der Waals surface area (Å²) in [5.74, 6) is -5.63. The minimum Gasteiger partial charge on any atom is -0.508 e. The van der Waals surface area contributed by atoms with Crippen LogP contribution >= 0.6 is 0 Å². The van der Waals surface area contributed by atoms with E-state index in [1.165, 1.54) is 0 Å². The van der Waals surface area contributed by atoms with Crippen LogP contribution in [0.5, 0.6) is 23.0 Å². The van der Waals surface area contributed by atoms with Crippen molar-refractivity contribution in [2.45, 2.75) is 0 Å². The second kappa shape index (κ2) is 4.45. The van der Waals surface area contributed by atoms with Gasteiger partial charge in [-0.1, -0.05) is 0 Å². The second-order valence-electron chi connectivity index (χ2n) is 3.98. The van der Waals surface area contributed by atoms with Crippen LogP contribution in [-0.4, -0.2) is 20.4 Å². The minimum atomic E-state index is -1.20. The molecule has 106 valence electrons. The van der Waals surface area contributed by atoms with Gasteiger partial charge < -0.3 is 24.8 Å². The highest BCUT2D eigenvalue weighted by Gasteiger charge is 2.18. The Morgan fingerprint density at radius 1 is 0.857 bits per heavy atom. The van der Waals surface area contributed by atoms with E-state index in [0.717, 1.165) is 0 Å². The third-order valence-electron chi connectivity index (χ3n) is 2.59. The molecule has 0 atom stereocenters. The van der Waals surface area contributed by atoms with Crippen molar-refractivity contribution in [3.8, 4) is 45.6 Å². The molecule has 0 aromatic heterocycles. The first-order valence-electron chi connectivity index (χ1n) is 8.51. The number of aromatic hydroxyl groups is 4. The smallest absolute Gasteiger partial charge is 0.197 e. The molecule has 21 heavy (non-hydrogen) atoms. The fourth-order valence-electron chi connectivity index (χ4n) is 1.68. The van der Waals surface area contributed by atoms with Crippen molar-refractivity contribution in [1.29, 1.82) is 0 Å². The topological polar surface area (TPSA) is 111 Å². The first kappa shape index (κ1) is 7.58. The van der Waals surface area contributed by atoms with Crippen LogP contribution in [0.3, 0.4) is 0 Å². The average Bonchev–Trinajstić information content (AvgIpc) is 2.64. The largest absolute Gasteiger partial charge is 0.508 e. The van der Waals surface area contributed by atoms with Gasteiger partial charge in [0.05, 0.1) is 8.22 Å². The molecule has 0 saturated heterocycles. The van der Waals surface area contributed by atoms with Crippen molar-refractivity contribution in [1.82, 2.24) is 0 Å². The number of hydrogen-bond acceptors (Lipinski definition) is 6. The molecular formula is C15H10O6. The van der Waals surface area contributed by atoms with E-state index in [1.807, 2.05) is 0 Å². The third kappa shape index (κ3) is 2.12. The Hall–Kier alpha value is -3.15. The van der Waals surface area contributed by atoms with Gasteiger partial charge in [-0.25, -0.2) is 0 Å². The van der Waals surface area contributed by atoms with Gasteiger partial charge in [-0.3, -0.25) is 4.79 Å². The van der Waals surface area contributed by atoms with E-state index in [4.69, 9.17) is 12.6 Å². The molecule has 1 aliphatic carbocycles. The van der Waals surface area contributed by atoms with Crippen molar-refractivity contribution in [3.05, 3.63) is 46.5 Å². The zero-order chi connectivity index (χ0) is 20.4. The van der Waals surface area contributed by atoms with Crippen LogP contribution in [0.25, 0.3) is 22.6 Å². The molecule has 0 saturated carbocycles. The van der Waals surface area contributed by atoms with Gasteiger partial charge in [0.1, 0.15) is 28.6 Å². The summed E-state index contributed by atoms with van der Waals surface area (Å²) < 4.78 is 51.7. The number of benzene rings is 2. The molecule has 4 N–H and O–H groups in total. The summed E-state index contributed by atoms with van der Waals surface area (Å²) in [5, 5.41) is 39.2. The number of hydrogen-bond donors (Lipinski definition) is 4. The zero-order valence-electron chi connectivity index (χ0n) is 16.1. The Labute approximate surface area is 126 Å². The standard InChI is InChI=1S/C15H10O6/c16-8-4-11(19)15-12(20)6-13(21-14(15)5-8)7-1-2-9(17)10(18)3-7/h1-6,16-18,20H/i1D,2D,3D,4D,5D,6D. The quantitative estimate of drug-likeness (QED) is 0.512. The van der Waals surface area contributed by atoms with Crippen molar-refractivity contribution < 1.29 is 33.1 Å². The summed E-state index contributed by atoms with van der Waals surface area (Å²) in [7, 11) is 0. The van der Waals surface area contributed by atoms with Gasteiger partial charge >= 0.3 is 0 Å². The number of phenolic OH excluding ortho intramolecular Hbond substituents is 3. The molecule has 0 spiro atoms. The van der Waals surface area contributed by atoms with Gasteiger partial charge in [0, 0.05) is 23.7 Å². The van der Waals surface area contributed by atoms with E-state index in [1.54, 1.807) is 0 Å². The van der Waals surface area contributed by atoms with Gasteiger partial charge in [-0.05, 0) is 18.1 Å². The first-order valence-corrected chi connectivity index (χ1v) is 5.51. The van der Waals surface area contributed by atoms with E-state index in [-0.39, 0.29) is 0 Å². The van der Waals surface area contributed by atoms with Crippen LogP contribution in [0.15, 0.2) is 45.5 Å². The molecule has 1 aliphatic heterocycles. The number of phenols is 3. The molecule has 2 aliphatic rings. The fourth-order valence-corrected chi connectivity index (χ4v) is 1.68. The summed E-state index contributed by atoms with van der Waals surface area (Å²) in [6, 6.07) is -5.33. The molecule has 0 amide bonds. The fraction of sp³-hybridized carbons (Fsp3) is 0. The molecule has 6 nitrogen and oxygen atoms in total. The monoisotopic (exact) mass is 292 g/mol. The number of fused-ring (bicyclic) bond motifs is 1. The molecule has 0 radical (unpaired) electrons. The Kier molecular flexibility index (Phi) is 1.61. The van der Waals surface area contributed by atoms with Gasteiger partial charge in [-0.2, -0.15) is 0 Å². The van der Waals surface area contributed by atoms with E-state index >= 15 is 0 Å². The molecule has 6 heteroatoms. The minimum absolute atomic E-state index is 0.654. The summed E-state index contributed by atoms with van der Waals surface area (Å²) in [4.78, 5) is 12.1. The Balaban J connectivity index is 2.56. The summed E-state index contributed by atoms with van der Waals surface area (Å²) in [6.07, 6.45) is 0. The van der Waals surface area contributed by atoms with E-state index in [0.29, 0.717) is 0 Å². The van der Waals surface area contributed by atoms with Crippen LogP contribution in [0.1, 0.15) is 8.22 Å². The maximum atomic E-state index is 12.1. The summed E-state index contributed by atoms with van der Waals surface area (Å²) in [6.45, 7) is 0. The van der Waals surface area contributed by atoms with Crippen LogP contribution in [0.2, 0.25) is 0 Å². The Bertz CT molecular complexity index is 1130. The highest BCUT2D eigenvalue weighted by atomic mass is 16.3. The predicted molar refractivity (Wildman–Crippen MR) is 73.7 cm³/mol. The molecular weight excluding hydrogens is 276 g/mol. The van der Waals surface area contributed by atoms with Crippen molar-refractivity contribution in [2.24, 2.45) is 0 Å². The van der Waals surface area contributed by atoms with Crippen molar-refractivity contribution >= 4 is 0 Å². The van der Waals surface area contributed by atoms with E-state index < -0.39 is 87.3 Å². The Morgan fingerprint density at radius 3 is 2.38 bits per heavy atom. The zero-order valence-corrected chi connectivity index (χ0v) is 10.1. The summed E-state index contributed by atoms with van der Waals surface area (Å²) >= 11 is 0. The predicted octanol–water partition coefficient (Wildman–Crippen LogP) is 2.23. The average molecular weight is 292 g/mol. The molecule has 3 rings (SSSR count). The molecule has 0 unspecified atom stereocenters. The van der Waals surface area contributed by atoms with Crippen LogP contribution in [-0.2, 0) is 0 Å². The molecule has 0 bridgehead atoms. The highest BCUT2D eigenvalue weighted by Crippen LogP contribution is 2.37. The van der Waals surface area contributed by atoms with E-state index in [2.05, 4.69) is 0 Å². The maximum absolute atomic E-state index is 12.1. The molecule has 1 aromatic carbocycles. The van der Waals surface area contributed by atoms with Gasteiger partial charge in [0.2, 0.25) is 0 Å². The normalized spacial score (nSPS) is 14.9. The van der Waals surface area contributed by atoms with Gasteiger partial charge in [0.15, 0.2) is 16.9 Å². The lowest BCUT2D eigenvalue weighted by Crippen LogP contribution is -2.04. The molecule has 0 fully saturated rings. The maximum Gasteiger partial charge on any atom is 0.197 e. The van der Waals surface area contributed by atoms with Crippen LogP contribution in [0.4, 0.5) is 0 Å². The van der Waals surface area contributed by atoms with Crippen LogP contribution < -0.4 is 5.43 Å². The highest BCUT2D eigenvalue weighted by molar-refractivity contribution is 5.73. The van der Waals surface area contributed by atoms with E-state index in [9.17, 15) is 25.2 Å². The lowest BCUT2D eigenvalue weighted by Gasteiger charge is -2.10. The lowest BCUT2D eigenvalue weighted by atomic mass is 10.1. The van der Waals surface area contributed by atoms with Crippen molar-refractivity contribution in [2.75, 3.05) is 0 Å². The van der Waals surface area contributed by atoms with Crippen molar-refractivity contribution in [3.63, 3.8) is 0 Å². The number of rotatable bonds is 1. The SMILES string of the molecule is [2H]c1c([2H])c(-c2oc3c([2H])c(O)c([2H])c(=O)c-3c(O)c2[2H])c([2H])c(O)c1O. The second-order valence-corrected chi connectivity index (χ2v) is 3.98. The third-order valence-corrected chi connectivity index (χ3v) is 2.59. The van der Waals surface area contributed by atoms with Gasteiger partial charge in [-0.15, -0.1) is 0 Å². The Morgan fingerprint density at radius 2 is 1.62 bits per heavy atom. The first-order chi connectivity index (χ1) is 12.5.